The Morgan fingerprint density at radius 1 is 1.33 bits per heavy atom. The highest BCUT2D eigenvalue weighted by Gasteiger charge is 1.89. The van der Waals surface area contributed by atoms with Gasteiger partial charge in [0.05, 0.1) is 0 Å². The van der Waals surface area contributed by atoms with Crippen molar-refractivity contribution in [3.63, 3.8) is 0 Å². The molecule has 0 nitrogen and oxygen atoms in total. The molecule has 0 unspecified atom stereocenters. The SMILES string of the molecule is CC/C=C/Sc1ccc(Cl)cc1. The van der Waals surface area contributed by atoms with Gasteiger partial charge in [0.1, 0.15) is 0 Å². The van der Waals surface area contributed by atoms with Crippen molar-refractivity contribution in [2.24, 2.45) is 0 Å². The van der Waals surface area contributed by atoms with Crippen LogP contribution in [0.3, 0.4) is 0 Å². The Kier molecular flexibility index (Phi) is 4.26. The minimum atomic E-state index is 0.791. The van der Waals surface area contributed by atoms with Crippen molar-refractivity contribution in [1.82, 2.24) is 0 Å². The second-order valence-corrected chi connectivity index (χ2v) is 3.77. The monoisotopic (exact) mass is 198 g/mol. The van der Waals surface area contributed by atoms with Gasteiger partial charge in [0, 0.05) is 9.92 Å². The minimum absolute atomic E-state index is 0.791. The maximum absolute atomic E-state index is 5.75. The van der Waals surface area contributed by atoms with Crippen LogP contribution in [0.4, 0.5) is 0 Å². The lowest BCUT2D eigenvalue weighted by Crippen LogP contribution is -1.66. The molecule has 0 aliphatic carbocycles. The third-order valence-corrected chi connectivity index (χ3v) is 2.47. The Hall–Kier alpha value is -0.400. The maximum atomic E-state index is 5.75. The highest BCUT2D eigenvalue weighted by Crippen LogP contribution is 2.21. The molecule has 1 rings (SSSR count). The number of rotatable bonds is 3. The first-order valence-electron chi connectivity index (χ1n) is 3.90. The summed E-state index contributed by atoms with van der Waals surface area (Å²) in [5, 5.41) is 2.89. The van der Waals surface area contributed by atoms with Crippen LogP contribution in [0.2, 0.25) is 5.02 Å². The molecule has 0 N–H and O–H groups in total. The molecule has 0 heterocycles. The van der Waals surface area contributed by atoms with Crippen molar-refractivity contribution in [3.05, 3.63) is 40.8 Å². The molecular formula is C10H11ClS. The van der Waals surface area contributed by atoms with Gasteiger partial charge < -0.3 is 0 Å². The summed E-state index contributed by atoms with van der Waals surface area (Å²) in [6.07, 6.45) is 3.22. The Labute approximate surface area is 82.6 Å². The molecule has 0 radical (unpaired) electrons. The molecule has 1 aromatic rings. The van der Waals surface area contributed by atoms with Gasteiger partial charge in [-0.25, -0.2) is 0 Å². The minimum Gasteiger partial charge on any atom is -0.0984 e. The third-order valence-electron chi connectivity index (χ3n) is 1.35. The van der Waals surface area contributed by atoms with Gasteiger partial charge in [-0.3, -0.25) is 0 Å². The van der Waals surface area contributed by atoms with Crippen LogP contribution in [0.1, 0.15) is 13.3 Å². The lowest BCUT2D eigenvalue weighted by atomic mass is 10.4. The van der Waals surface area contributed by atoms with Crippen LogP contribution in [0.5, 0.6) is 0 Å². The number of hydrogen-bond acceptors (Lipinski definition) is 1. The van der Waals surface area contributed by atoms with E-state index in [1.807, 2.05) is 24.3 Å². The molecule has 0 spiro atoms. The second-order valence-electron chi connectivity index (χ2n) is 2.35. The maximum Gasteiger partial charge on any atom is 0.0406 e. The van der Waals surface area contributed by atoms with Gasteiger partial charge in [-0.2, -0.15) is 0 Å². The first-order valence-corrected chi connectivity index (χ1v) is 5.16. The van der Waals surface area contributed by atoms with Crippen LogP contribution in [0.15, 0.2) is 40.6 Å². The van der Waals surface area contributed by atoms with E-state index in [9.17, 15) is 0 Å². The van der Waals surface area contributed by atoms with Gasteiger partial charge in [0.15, 0.2) is 0 Å². The quantitative estimate of drug-likeness (QED) is 0.651. The van der Waals surface area contributed by atoms with Gasteiger partial charge in [-0.15, -0.1) is 0 Å². The van der Waals surface area contributed by atoms with Gasteiger partial charge >= 0.3 is 0 Å². The average molecular weight is 199 g/mol. The molecule has 1 aromatic carbocycles. The Morgan fingerprint density at radius 2 is 2.00 bits per heavy atom. The Balaban J connectivity index is 2.53. The first-order chi connectivity index (χ1) is 5.83. The van der Waals surface area contributed by atoms with E-state index in [1.165, 1.54) is 4.90 Å². The molecule has 0 aromatic heterocycles. The third kappa shape index (κ3) is 3.33. The highest BCUT2D eigenvalue weighted by atomic mass is 35.5. The standard InChI is InChI=1S/C10H11ClS/c1-2-3-8-12-10-6-4-9(11)5-7-10/h3-8H,2H2,1H3/b8-3+. The van der Waals surface area contributed by atoms with Crippen molar-refractivity contribution < 1.29 is 0 Å². The normalized spacial score (nSPS) is 10.8. The molecule has 0 fully saturated rings. The smallest absolute Gasteiger partial charge is 0.0406 e. The van der Waals surface area contributed by atoms with Crippen LogP contribution in [0.25, 0.3) is 0 Å². The first kappa shape index (κ1) is 9.69. The zero-order valence-corrected chi connectivity index (χ0v) is 8.53. The molecule has 0 atom stereocenters. The van der Waals surface area contributed by atoms with E-state index in [1.54, 1.807) is 11.8 Å². The van der Waals surface area contributed by atoms with Crippen molar-refractivity contribution in [2.45, 2.75) is 18.2 Å². The fourth-order valence-corrected chi connectivity index (χ4v) is 1.60. The summed E-state index contributed by atoms with van der Waals surface area (Å²) < 4.78 is 0. The van der Waals surface area contributed by atoms with Crippen LogP contribution in [0, 0.1) is 0 Å². The van der Waals surface area contributed by atoms with Crippen molar-refractivity contribution in [1.29, 1.82) is 0 Å². The largest absolute Gasteiger partial charge is 0.0984 e. The summed E-state index contributed by atoms with van der Waals surface area (Å²) in [4.78, 5) is 1.23. The Morgan fingerprint density at radius 3 is 2.58 bits per heavy atom. The van der Waals surface area contributed by atoms with Gasteiger partial charge in [0.2, 0.25) is 0 Å². The van der Waals surface area contributed by atoms with E-state index >= 15 is 0 Å². The summed E-state index contributed by atoms with van der Waals surface area (Å²) in [5.41, 5.74) is 0. The molecular weight excluding hydrogens is 188 g/mol. The highest BCUT2D eigenvalue weighted by molar-refractivity contribution is 8.02. The van der Waals surface area contributed by atoms with Gasteiger partial charge in [-0.05, 0) is 36.1 Å². The fraction of sp³-hybridized carbons (Fsp3) is 0.200. The summed E-state index contributed by atoms with van der Waals surface area (Å²) in [6.45, 7) is 2.12. The van der Waals surface area contributed by atoms with E-state index in [0.29, 0.717) is 0 Å². The van der Waals surface area contributed by atoms with Crippen LogP contribution >= 0.6 is 23.4 Å². The van der Waals surface area contributed by atoms with E-state index < -0.39 is 0 Å². The molecule has 0 aliphatic rings. The van der Waals surface area contributed by atoms with Crippen LogP contribution in [-0.4, -0.2) is 0 Å². The number of thioether (sulfide) groups is 1. The lowest BCUT2D eigenvalue weighted by molar-refractivity contribution is 1.23. The summed E-state index contributed by atoms with van der Waals surface area (Å²) >= 11 is 7.46. The molecule has 0 saturated heterocycles. The number of benzene rings is 1. The predicted molar refractivity (Wildman–Crippen MR) is 56.7 cm³/mol. The van der Waals surface area contributed by atoms with Gasteiger partial charge in [0.25, 0.3) is 0 Å². The van der Waals surface area contributed by atoms with Crippen molar-refractivity contribution >= 4 is 23.4 Å². The molecule has 12 heavy (non-hydrogen) atoms. The molecule has 0 amide bonds. The van der Waals surface area contributed by atoms with Crippen molar-refractivity contribution in [2.75, 3.05) is 0 Å². The van der Waals surface area contributed by atoms with E-state index in [2.05, 4.69) is 18.4 Å². The molecule has 64 valence electrons. The second kappa shape index (κ2) is 5.28. The van der Waals surface area contributed by atoms with Crippen LogP contribution < -0.4 is 0 Å². The van der Waals surface area contributed by atoms with Gasteiger partial charge in [-0.1, -0.05) is 36.4 Å². The molecule has 2 heteroatoms. The number of halogens is 1. The zero-order valence-electron chi connectivity index (χ0n) is 6.96. The molecule has 0 bridgehead atoms. The lowest BCUT2D eigenvalue weighted by Gasteiger charge is -1.94. The molecule has 0 saturated carbocycles. The van der Waals surface area contributed by atoms with Crippen LogP contribution in [-0.2, 0) is 0 Å². The number of allylic oxidation sites excluding steroid dienone is 1. The topological polar surface area (TPSA) is 0 Å². The zero-order chi connectivity index (χ0) is 8.81. The summed E-state index contributed by atoms with van der Waals surface area (Å²) in [6, 6.07) is 7.85. The predicted octanol–water partition coefficient (Wildman–Crippen LogP) is 4.36. The Bertz CT molecular complexity index is 251. The molecule has 0 aliphatic heterocycles. The average Bonchev–Trinajstić information content (AvgIpc) is 2.09. The number of hydrogen-bond donors (Lipinski definition) is 0. The van der Waals surface area contributed by atoms with Crippen molar-refractivity contribution in [3.8, 4) is 0 Å². The van der Waals surface area contributed by atoms with E-state index in [4.69, 9.17) is 11.6 Å². The fourth-order valence-electron chi connectivity index (χ4n) is 0.736. The van der Waals surface area contributed by atoms with E-state index in [0.717, 1.165) is 11.4 Å². The summed E-state index contributed by atoms with van der Waals surface area (Å²) in [7, 11) is 0. The van der Waals surface area contributed by atoms with E-state index in [-0.39, 0.29) is 0 Å². The summed E-state index contributed by atoms with van der Waals surface area (Å²) in [5.74, 6) is 0.